The molecule has 150 valence electrons. The molecule has 2 aromatic heterocycles. The Kier molecular flexibility index (Phi) is 5.69. The van der Waals surface area contributed by atoms with Crippen LogP contribution in [0.2, 0.25) is 0 Å². The number of hydrogen-bond donors (Lipinski definition) is 1. The number of alkyl halides is 3. The van der Waals surface area contributed by atoms with Gasteiger partial charge in [0.05, 0.1) is 18.1 Å². The van der Waals surface area contributed by atoms with Crippen LogP contribution < -0.4 is 0 Å². The molecule has 0 spiro atoms. The maximum Gasteiger partial charge on any atom is 0.433 e. The third-order valence-electron chi connectivity index (χ3n) is 5.01. The molecule has 28 heavy (non-hydrogen) atoms. The van der Waals surface area contributed by atoms with Crippen LogP contribution in [0.5, 0.6) is 0 Å². The lowest BCUT2D eigenvalue weighted by atomic mass is 9.95. The van der Waals surface area contributed by atoms with Crippen molar-refractivity contribution in [2.45, 2.75) is 43.9 Å². The van der Waals surface area contributed by atoms with Crippen LogP contribution in [0.25, 0.3) is 0 Å². The third-order valence-corrected chi connectivity index (χ3v) is 5.01. The SMILES string of the molecule is CCCN(CC(O)c1cccnc1)C(=O)C1(c2ccc(C(F)(F)F)nc2)CC1. The van der Waals surface area contributed by atoms with E-state index in [4.69, 9.17) is 0 Å². The van der Waals surface area contributed by atoms with E-state index in [1.165, 1.54) is 6.07 Å². The number of aromatic nitrogens is 2. The van der Waals surface area contributed by atoms with Crippen LogP contribution in [0, 0.1) is 0 Å². The maximum absolute atomic E-state index is 13.2. The second-order valence-electron chi connectivity index (χ2n) is 7.07. The number of halogens is 3. The van der Waals surface area contributed by atoms with Crippen LogP contribution in [-0.2, 0) is 16.4 Å². The molecule has 5 nitrogen and oxygen atoms in total. The molecule has 0 aromatic carbocycles. The number of nitrogens with zero attached hydrogens (tertiary/aromatic N) is 3. The molecular weight excluding hydrogens is 371 g/mol. The predicted octanol–water partition coefficient (Wildman–Crippen LogP) is 3.50. The van der Waals surface area contributed by atoms with Crippen molar-refractivity contribution in [3.05, 3.63) is 59.7 Å². The number of hydrogen-bond acceptors (Lipinski definition) is 4. The highest BCUT2D eigenvalue weighted by atomic mass is 19.4. The number of pyridine rings is 2. The largest absolute Gasteiger partial charge is 0.433 e. The number of aliphatic hydroxyl groups excluding tert-OH is 1. The van der Waals surface area contributed by atoms with Gasteiger partial charge in [0.25, 0.3) is 0 Å². The standard InChI is InChI=1S/C20H22F3N3O2/c1-2-10-26(13-16(27)14-4-3-9-24-11-14)18(28)19(7-8-19)15-5-6-17(25-12-15)20(21,22)23/h3-6,9,11-12,16,27H,2,7-8,10,13H2,1H3. The van der Waals surface area contributed by atoms with Gasteiger partial charge in [-0.3, -0.25) is 14.8 Å². The molecule has 8 heteroatoms. The minimum Gasteiger partial charge on any atom is -0.386 e. The second-order valence-corrected chi connectivity index (χ2v) is 7.07. The molecule has 2 heterocycles. The van der Waals surface area contributed by atoms with E-state index in [2.05, 4.69) is 9.97 Å². The van der Waals surface area contributed by atoms with Crippen LogP contribution in [0.4, 0.5) is 13.2 Å². The molecule has 1 atom stereocenters. The van der Waals surface area contributed by atoms with Crippen molar-refractivity contribution in [1.82, 2.24) is 14.9 Å². The molecule has 0 aliphatic heterocycles. The Balaban J connectivity index is 1.79. The molecule has 1 amide bonds. The molecule has 1 N–H and O–H groups in total. The van der Waals surface area contributed by atoms with E-state index in [1.807, 2.05) is 6.92 Å². The average Bonchev–Trinajstić information content (AvgIpc) is 3.49. The summed E-state index contributed by atoms with van der Waals surface area (Å²) in [4.78, 5) is 22.3. The van der Waals surface area contributed by atoms with Gasteiger partial charge in [-0.25, -0.2) is 0 Å². The summed E-state index contributed by atoms with van der Waals surface area (Å²) in [6, 6.07) is 5.69. The topological polar surface area (TPSA) is 66.3 Å². The summed E-state index contributed by atoms with van der Waals surface area (Å²) in [5.41, 5.74) is -0.724. The van der Waals surface area contributed by atoms with Gasteiger partial charge >= 0.3 is 6.18 Å². The molecule has 0 saturated heterocycles. The Labute approximate surface area is 161 Å². The second kappa shape index (κ2) is 7.87. The quantitative estimate of drug-likeness (QED) is 0.782. The van der Waals surface area contributed by atoms with Gasteiger partial charge in [0, 0.05) is 30.7 Å². The summed E-state index contributed by atoms with van der Waals surface area (Å²) < 4.78 is 38.3. The number of amides is 1. The van der Waals surface area contributed by atoms with E-state index in [0.29, 0.717) is 36.9 Å². The molecule has 1 unspecified atom stereocenters. The van der Waals surface area contributed by atoms with Gasteiger partial charge in [-0.1, -0.05) is 19.1 Å². The number of carbonyl (C=O) groups is 1. The number of carbonyl (C=O) groups excluding carboxylic acids is 1. The van der Waals surface area contributed by atoms with Crippen molar-refractivity contribution < 1.29 is 23.1 Å². The predicted molar refractivity (Wildman–Crippen MR) is 96.2 cm³/mol. The van der Waals surface area contributed by atoms with E-state index in [9.17, 15) is 23.1 Å². The first-order chi connectivity index (χ1) is 13.3. The Bertz CT molecular complexity index is 806. The smallest absolute Gasteiger partial charge is 0.386 e. The third kappa shape index (κ3) is 4.16. The van der Waals surface area contributed by atoms with Crippen molar-refractivity contribution in [3.8, 4) is 0 Å². The lowest BCUT2D eigenvalue weighted by Gasteiger charge is -2.29. The van der Waals surface area contributed by atoms with E-state index >= 15 is 0 Å². The first-order valence-electron chi connectivity index (χ1n) is 9.19. The number of rotatable bonds is 7. The summed E-state index contributed by atoms with van der Waals surface area (Å²) in [5, 5.41) is 10.5. The first-order valence-corrected chi connectivity index (χ1v) is 9.19. The van der Waals surface area contributed by atoms with E-state index in [-0.39, 0.29) is 12.5 Å². The highest BCUT2D eigenvalue weighted by Gasteiger charge is 2.53. The molecular formula is C20H22F3N3O2. The van der Waals surface area contributed by atoms with Gasteiger partial charge in [-0.15, -0.1) is 0 Å². The zero-order valence-corrected chi connectivity index (χ0v) is 15.5. The van der Waals surface area contributed by atoms with Crippen LogP contribution in [-0.4, -0.2) is 39.0 Å². The summed E-state index contributed by atoms with van der Waals surface area (Å²) in [6.07, 6.45) is 0.715. The molecule has 1 saturated carbocycles. The Morgan fingerprint density at radius 3 is 2.54 bits per heavy atom. The summed E-state index contributed by atoms with van der Waals surface area (Å²) >= 11 is 0. The van der Waals surface area contributed by atoms with Crippen molar-refractivity contribution >= 4 is 5.91 Å². The highest BCUT2D eigenvalue weighted by molar-refractivity contribution is 5.91. The van der Waals surface area contributed by atoms with Crippen LogP contribution in [0.15, 0.2) is 42.9 Å². The summed E-state index contributed by atoms with van der Waals surface area (Å²) in [6.45, 7) is 2.48. The lowest BCUT2D eigenvalue weighted by Crippen LogP contribution is -2.42. The molecule has 0 radical (unpaired) electrons. The summed E-state index contributed by atoms with van der Waals surface area (Å²) in [5.74, 6) is -0.182. The van der Waals surface area contributed by atoms with Gasteiger partial charge in [-0.05, 0) is 37.0 Å². The summed E-state index contributed by atoms with van der Waals surface area (Å²) in [7, 11) is 0. The Hall–Kier alpha value is -2.48. The molecule has 0 bridgehead atoms. The molecule has 2 aromatic rings. The van der Waals surface area contributed by atoms with E-state index in [0.717, 1.165) is 12.3 Å². The lowest BCUT2D eigenvalue weighted by molar-refractivity contribution is -0.141. The van der Waals surface area contributed by atoms with Gasteiger partial charge in [0.15, 0.2) is 0 Å². The Morgan fingerprint density at radius 2 is 2.04 bits per heavy atom. The highest BCUT2D eigenvalue weighted by Crippen LogP contribution is 2.50. The van der Waals surface area contributed by atoms with Gasteiger partial charge < -0.3 is 10.0 Å². The maximum atomic E-state index is 13.2. The van der Waals surface area contributed by atoms with Crippen molar-refractivity contribution in [3.63, 3.8) is 0 Å². The zero-order chi connectivity index (χ0) is 20.4. The number of aliphatic hydroxyl groups is 1. The van der Waals surface area contributed by atoms with Gasteiger partial charge in [0.2, 0.25) is 5.91 Å². The molecule has 1 aliphatic carbocycles. The van der Waals surface area contributed by atoms with Crippen LogP contribution in [0.3, 0.4) is 0 Å². The normalized spacial score (nSPS) is 16.5. The van der Waals surface area contributed by atoms with Crippen molar-refractivity contribution in [2.75, 3.05) is 13.1 Å². The molecule has 3 rings (SSSR count). The zero-order valence-electron chi connectivity index (χ0n) is 15.5. The molecule has 1 aliphatic rings. The van der Waals surface area contributed by atoms with Crippen molar-refractivity contribution in [2.24, 2.45) is 0 Å². The van der Waals surface area contributed by atoms with Crippen molar-refractivity contribution in [1.29, 1.82) is 0 Å². The van der Waals surface area contributed by atoms with Crippen LogP contribution >= 0.6 is 0 Å². The minimum absolute atomic E-state index is 0.105. The van der Waals surface area contributed by atoms with Gasteiger partial charge in [0.1, 0.15) is 5.69 Å². The van der Waals surface area contributed by atoms with E-state index in [1.54, 1.807) is 29.4 Å². The van der Waals surface area contributed by atoms with E-state index < -0.39 is 23.4 Å². The fourth-order valence-electron chi connectivity index (χ4n) is 3.33. The fourth-order valence-corrected chi connectivity index (χ4v) is 3.33. The van der Waals surface area contributed by atoms with Gasteiger partial charge in [-0.2, -0.15) is 13.2 Å². The minimum atomic E-state index is -4.51. The monoisotopic (exact) mass is 393 g/mol. The average molecular weight is 393 g/mol. The fraction of sp³-hybridized carbons (Fsp3) is 0.450. The Morgan fingerprint density at radius 1 is 1.29 bits per heavy atom. The molecule has 1 fully saturated rings. The first kappa shape index (κ1) is 20.3. The van der Waals surface area contributed by atoms with Crippen LogP contribution in [0.1, 0.15) is 49.1 Å².